The molecule has 5 nitrogen and oxygen atoms in total. The zero-order chi connectivity index (χ0) is 19.6. The number of anilines is 2. The van der Waals surface area contributed by atoms with Crippen molar-refractivity contribution in [2.24, 2.45) is 0 Å². The van der Waals surface area contributed by atoms with Crippen LogP contribution in [0.15, 0.2) is 60.7 Å². The Balaban J connectivity index is 1.56. The summed E-state index contributed by atoms with van der Waals surface area (Å²) in [7, 11) is 0. The molecule has 1 aromatic heterocycles. The van der Waals surface area contributed by atoms with Gasteiger partial charge in [0.25, 0.3) is 5.91 Å². The van der Waals surface area contributed by atoms with Gasteiger partial charge in [0.05, 0.1) is 0 Å². The van der Waals surface area contributed by atoms with Crippen LogP contribution in [0.4, 0.5) is 11.5 Å². The summed E-state index contributed by atoms with van der Waals surface area (Å²) in [5, 5.41) is 0. The third kappa shape index (κ3) is 3.48. The highest BCUT2D eigenvalue weighted by molar-refractivity contribution is 6.06. The zero-order valence-electron chi connectivity index (χ0n) is 16.4. The third-order valence-corrected chi connectivity index (χ3v) is 5.78. The lowest BCUT2D eigenvalue weighted by molar-refractivity contribution is 0.0984. The Labute approximate surface area is 171 Å². The molecule has 1 saturated heterocycles. The molecule has 0 unspecified atom stereocenters. The summed E-state index contributed by atoms with van der Waals surface area (Å²) < 4.78 is 0. The highest BCUT2D eigenvalue weighted by Gasteiger charge is 2.27. The molecular formula is C24H24N4O. The SMILES string of the molecule is O=C(c1cc(N2CCCCC2)nc(-c2ccccc2)n1)N1CCc2ccccc21. The van der Waals surface area contributed by atoms with Crippen molar-refractivity contribution in [3.63, 3.8) is 0 Å². The Hall–Kier alpha value is -3.21. The second-order valence-electron chi connectivity index (χ2n) is 7.68. The molecule has 3 heterocycles. The molecule has 0 bridgehead atoms. The minimum atomic E-state index is -0.0483. The fraction of sp³-hybridized carbons (Fsp3) is 0.292. The molecule has 0 radical (unpaired) electrons. The fourth-order valence-corrected chi connectivity index (χ4v) is 4.23. The van der Waals surface area contributed by atoms with Gasteiger partial charge in [-0.3, -0.25) is 4.79 Å². The summed E-state index contributed by atoms with van der Waals surface area (Å²) in [5.74, 6) is 1.42. The number of rotatable bonds is 3. The van der Waals surface area contributed by atoms with Gasteiger partial charge in [0.2, 0.25) is 0 Å². The van der Waals surface area contributed by atoms with Crippen LogP contribution in [0, 0.1) is 0 Å². The topological polar surface area (TPSA) is 49.3 Å². The van der Waals surface area contributed by atoms with Crippen LogP contribution in [0.2, 0.25) is 0 Å². The van der Waals surface area contributed by atoms with Crippen molar-refractivity contribution in [2.75, 3.05) is 29.4 Å². The molecule has 0 aliphatic carbocycles. The number of piperidine rings is 1. The van der Waals surface area contributed by atoms with Crippen LogP contribution in [0.5, 0.6) is 0 Å². The van der Waals surface area contributed by atoms with Gasteiger partial charge >= 0.3 is 0 Å². The smallest absolute Gasteiger partial charge is 0.277 e. The largest absolute Gasteiger partial charge is 0.356 e. The third-order valence-electron chi connectivity index (χ3n) is 5.78. The minimum Gasteiger partial charge on any atom is -0.356 e. The van der Waals surface area contributed by atoms with E-state index in [1.54, 1.807) is 0 Å². The Kier molecular flexibility index (Phi) is 4.72. The van der Waals surface area contributed by atoms with Gasteiger partial charge in [-0.1, -0.05) is 48.5 Å². The van der Waals surface area contributed by atoms with Gasteiger partial charge in [-0.2, -0.15) is 0 Å². The molecule has 1 amide bonds. The van der Waals surface area contributed by atoms with Crippen molar-refractivity contribution < 1.29 is 4.79 Å². The van der Waals surface area contributed by atoms with Crippen LogP contribution in [-0.2, 0) is 6.42 Å². The van der Waals surface area contributed by atoms with Crippen molar-refractivity contribution in [3.05, 3.63) is 71.9 Å². The van der Waals surface area contributed by atoms with Crippen LogP contribution >= 0.6 is 0 Å². The number of fused-ring (bicyclic) bond motifs is 1. The fourth-order valence-electron chi connectivity index (χ4n) is 4.23. The van der Waals surface area contributed by atoms with Gasteiger partial charge in [0, 0.05) is 37.0 Å². The van der Waals surface area contributed by atoms with E-state index in [2.05, 4.69) is 16.0 Å². The number of amides is 1. The first-order chi connectivity index (χ1) is 14.3. The lowest BCUT2D eigenvalue weighted by atomic mass is 10.1. The molecule has 1 fully saturated rings. The number of carbonyl (C=O) groups is 1. The molecule has 5 rings (SSSR count). The molecule has 0 saturated carbocycles. The van der Waals surface area contributed by atoms with Crippen molar-refractivity contribution in [1.82, 2.24) is 9.97 Å². The number of para-hydroxylation sites is 1. The maximum atomic E-state index is 13.4. The number of benzene rings is 2. The number of nitrogens with zero attached hydrogens (tertiary/aromatic N) is 4. The molecule has 0 spiro atoms. The molecular weight excluding hydrogens is 360 g/mol. The summed E-state index contributed by atoms with van der Waals surface area (Å²) in [6, 6.07) is 19.9. The molecule has 2 aliphatic rings. The van der Waals surface area contributed by atoms with E-state index in [4.69, 9.17) is 4.98 Å². The molecule has 146 valence electrons. The maximum absolute atomic E-state index is 13.4. The van der Waals surface area contributed by atoms with Gasteiger partial charge in [-0.05, 0) is 37.3 Å². The van der Waals surface area contributed by atoms with E-state index >= 15 is 0 Å². The first-order valence-corrected chi connectivity index (χ1v) is 10.4. The molecule has 3 aromatic rings. The number of hydrogen-bond acceptors (Lipinski definition) is 4. The summed E-state index contributed by atoms with van der Waals surface area (Å²) in [4.78, 5) is 27.1. The molecule has 0 N–H and O–H groups in total. The van der Waals surface area contributed by atoms with Crippen LogP contribution in [0.3, 0.4) is 0 Å². The monoisotopic (exact) mass is 384 g/mol. The second kappa shape index (κ2) is 7.66. The van der Waals surface area contributed by atoms with Crippen LogP contribution in [-0.4, -0.2) is 35.5 Å². The summed E-state index contributed by atoms with van der Waals surface area (Å²) in [6.07, 6.45) is 4.46. The predicted octanol–water partition coefficient (Wildman–Crippen LogP) is 4.34. The average Bonchev–Trinajstić information content (AvgIpc) is 3.24. The minimum absolute atomic E-state index is 0.0483. The Bertz CT molecular complexity index is 1030. The first-order valence-electron chi connectivity index (χ1n) is 10.4. The Morgan fingerprint density at radius 1 is 0.828 bits per heavy atom. The normalized spacial score (nSPS) is 16.0. The Morgan fingerprint density at radius 2 is 1.59 bits per heavy atom. The van der Waals surface area contributed by atoms with Crippen molar-refractivity contribution in [1.29, 1.82) is 0 Å². The number of aromatic nitrogens is 2. The molecule has 2 aliphatic heterocycles. The van der Waals surface area contributed by atoms with Gasteiger partial charge in [0.1, 0.15) is 11.5 Å². The maximum Gasteiger partial charge on any atom is 0.277 e. The number of hydrogen-bond donors (Lipinski definition) is 0. The lowest BCUT2D eigenvalue weighted by Crippen LogP contribution is -2.32. The molecule has 5 heteroatoms. The summed E-state index contributed by atoms with van der Waals surface area (Å²) >= 11 is 0. The zero-order valence-corrected chi connectivity index (χ0v) is 16.4. The lowest BCUT2D eigenvalue weighted by Gasteiger charge is -2.28. The van der Waals surface area contributed by atoms with E-state index in [1.165, 1.54) is 12.0 Å². The van der Waals surface area contributed by atoms with E-state index in [0.717, 1.165) is 49.4 Å². The van der Waals surface area contributed by atoms with Crippen LogP contribution in [0.1, 0.15) is 35.3 Å². The van der Waals surface area contributed by atoms with Crippen LogP contribution in [0.25, 0.3) is 11.4 Å². The predicted molar refractivity (Wildman–Crippen MR) is 115 cm³/mol. The van der Waals surface area contributed by atoms with Gasteiger partial charge < -0.3 is 9.80 Å². The molecule has 29 heavy (non-hydrogen) atoms. The van der Waals surface area contributed by atoms with Crippen LogP contribution < -0.4 is 9.80 Å². The summed E-state index contributed by atoms with van der Waals surface area (Å²) in [5.41, 5.74) is 3.62. The van der Waals surface area contributed by atoms with Crippen molar-refractivity contribution >= 4 is 17.4 Å². The van der Waals surface area contributed by atoms with E-state index in [1.807, 2.05) is 59.5 Å². The quantitative estimate of drug-likeness (QED) is 0.674. The Morgan fingerprint density at radius 3 is 2.41 bits per heavy atom. The van der Waals surface area contributed by atoms with E-state index in [-0.39, 0.29) is 5.91 Å². The average molecular weight is 384 g/mol. The van der Waals surface area contributed by atoms with Crippen molar-refractivity contribution in [2.45, 2.75) is 25.7 Å². The number of carbonyl (C=O) groups excluding carboxylic acids is 1. The summed E-state index contributed by atoms with van der Waals surface area (Å²) in [6.45, 7) is 2.65. The highest BCUT2D eigenvalue weighted by Crippen LogP contribution is 2.30. The van der Waals surface area contributed by atoms with E-state index in [0.29, 0.717) is 18.1 Å². The second-order valence-corrected chi connectivity index (χ2v) is 7.68. The van der Waals surface area contributed by atoms with Gasteiger partial charge in [0.15, 0.2) is 5.82 Å². The molecule has 2 aromatic carbocycles. The van der Waals surface area contributed by atoms with E-state index < -0.39 is 0 Å². The standard InChI is InChI=1S/C24H24N4O/c29-24(28-16-13-18-9-5-6-12-21(18)28)20-17-22(27-14-7-2-8-15-27)26-23(25-20)19-10-3-1-4-11-19/h1,3-6,9-12,17H,2,7-8,13-16H2. The van der Waals surface area contributed by atoms with Crippen molar-refractivity contribution in [3.8, 4) is 11.4 Å². The van der Waals surface area contributed by atoms with E-state index in [9.17, 15) is 4.79 Å². The van der Waals surface area contributed by atoms with Gasteiger partial charge in [-0.15, -0.1) is 0 Å². The van der Waals surface area contributed by atoms with Gasteiger partial charge in [-0.25, -0.2) is 9.97 Å². The highest BCUT2D eigenvalue weighted by atomic mass is 16.2. The molecule has 0 atom stereocenters. The first kappa shape index (κ1) is 17.9.